The van der Waals surface area contributed by atoms with Crippen molar-refractivity contribution in [3.8, 4) is 11.5 Å². The molecule has 0 aliphatic rings. The van der Waals surface area contributed by atoms with Gasteiger partial charge in [0.1, 0.15) is 0 Å². The van der Waals surface area contributed by atoms with Gasteiger partial charge >= 0.3 is 0 Å². The quantitative estimate of drug-likeness (QED) is 0.690. The fraction of sp³-hybridized carbons (Fsp3) is 0.278. The first-order valence-electron chi connectivity index (χ1n) is 8.29. The fourth-order valence-corrected chi connectivity index (χ4v) is 3.09. The van der Waals surface area contributed by atoms with E-state index in [0.717, 1.165) is 6.42 Å². The van der Waals surface area contributed by atoms with E-state index in [1.807, 2.05) is 13.8 Å². The number of primary sulfonamides is 1. The summed E-state index contributed by atoms with van der Waals surface area (Å²) in [6, 6.07) is 8.64. The molecule has 0 aliphatic carbocycles. The minimum absolute atomic E-state index is 0.100. The van der Waals surface area contributed by atoms with Crippen molar-refractivity contribution in [3.63, 3.8) is 0 Å². The zero-order valence-corrected chi connectivity index (χ0v) is 16.6. The van der Waals surface area contributed by atoms with Gasteiger partial charge in [-0.25, -0.2) is 13.6 Å². The van der Waals surface area contributed by atoms with Crippen LogP contribution in [0.3, 0.4) is 0 Å². The number of rotatable bonds is 8. The molecule has 3 N–H and O–H groups in total. The molecule has 0 bridgehead atoms. The highest BCUT2D eigenvalue weighted by molar-refractivity contribution is 7.89. The van der Waals surface area contributed by atoms with Crippen molar-refractivity contribution in [2.75, 3.05) is 18.5 Å². The molecule has 0 aromatic heterocycles. The highest BCUT2D eigenvalue weighted by Gasteiger charge is 2.17. The van der Waals surface area contributed by atoms with Gasteiger partial charge in [0, 0.05) is 11.3 Å². The van der Waals surface area contributed by atoms with Crippen LogP contribution in [0.5, 0.6) is 11.5 Å². The van der Waals surface area contributed by atoms with Gasteiger partial charge in [-0.05, 0) is 43.7 Å². The Morgan fingerprint density at radius 1 is 1.19 bits per heavy atom. The van der Waals surface area contributed by atoms with Crippen molar-refractivity contribution in [2.45, 2.75) is 25.2 Å². The molecule has 7 nitrogen and oxygen atoms in total. The number of benzene rings is 2. The van der Waals surface area contributed by atoms with E-state index in [-0.39, 0.29) is 21.2 Å². The average Bonchev–Trinajstić information content (AvgIpc) is 2.60. The van der Waals surface area contributed by atoms with Crippen molar-refractivity contribution in [3.05, 3.63) is 47.0 Å². The standard InChI is InChI=1S/C18H21ClN2O5S/c1-3-8-26-17-15(19)9-12(10-16(17)25-4-2)18(22)21-13-6-5-7-14(11-13)27(20,23)24/h5-7,9-11H,3-4,8H2,1-2H3,(H,21,22)(H2,20,23,24). The predicted molar refractivity (Wildman–Crippen MR) is 104 cm³/mol. The lowest BCUT2D eigenvalue weighted by Crippen LogP contribution is -2.15. The second-order valence-electron chi connectivity index (χ2n) is 5.59. The molecule has 27 heavy (non-hydrogen) atoms. The van der Waals surface area contributed by atoms with Gasteiger partial charge in [0.25, 0.3) is 5.91 Å². The van der Waals surface area contributed by atoms with Crippen LogP contribution < -0.4 is 19.9 Å². The Morgan fingerprint density at radius 3 is 2.56 bits per heavy atom. The molecular formula is C18H21ClN2O5S. The molecule has 1 amide bonds. The van der Waals surface area contributed by atoms with E-state index in [1.165, 1.54) is 30.3 Å². The summed E-state index contributed by atoms with van der Waals surface area (Å²) in [7, 11) is -3.87. The minimum Gasteiger partial charge on any atom is -0.490 e. The van der Waals surface area contributed by atoms with Crippen LogP contribution in [0.15, 0.2) is 41.3 Å². The number of amides is 1. The number of ether oxygens (including phenoxy) is 2. The Kier molecular flexibility index (Phi) is 7.06. The first-order valence-corrected chi connectivity index (χ1v) is 10.2. The molecular weight excluding hydrogens is 392 g/mol. The van der Waals surface area contributed by atoms with Crippen LogP contribution in [0.4, 0.5) is 5.69 Å². The summed E-state index contributed by atoms with van der Waals surface area (Å²) < 4.78 is 34.0. The van der Waals surface area contributed by atoms with Crippen LogP contribution in [0.25, 0.3) is 0 Å². The van der Waals surface area contributed by atoms with Gasteiger partial charge < -0.3 is 14.8 Å². The van der Waals surface area contributed by atoms with E-state index in [2.05, 4.69) is 5.32 Å². The van der Waals surface area contributed by atoms with Crippen LogP contribution >= 0.6 is 11.6 Å². The molecule has 0 aliphatic heterocycles. The Morgan fingerprint density at radius 2 is 1.93 bits per heavy atom. The maximum atomic E-state index is 12.6. The zero-order chi connectivity index (χ0) is 20.0. The molecule has 0 saturated heterocycles. The van der Waals surface area contributed by atoms with Gasteiger partial charge in [-0.2, -0.15) is 0 Å². The molecule has 0 atom stereocenters. The van der Waals surface area contributed by atoms with Gasteiger partial charge in [0.15, 0.2) is 11.5 Å². The maximum absolute atomic E-state index is 12.6. The Balaban J connectivity index is 2.31. The zero-order valence-electron chi connectivity index (χ0n) is 15.0. The van der Waals surface area contributed by atoms with Crippen LogP contribution in [-0.2, 0) is 10.0 Å². The highest BCUT2D eigenvalue weighted by Crippen LogP contribution is 2.37. The van der Waals surface area contributed by atoms with E-state index in [0.29, 0.717) is 24.7 Å². The van der Waals surface area contributed by atoms with Gasteiger partial charge in [-0.15, -0.1) is 0 Å². The number of halogens is 1. The molecule has 0 heterocycles. The smallest absolute Gasteiger partial charge is 0.255 e. The summed E-state index contributed by atoms with van der Waals surface area (Å²) in [5.41, 5.74) is 0.528. The molecule has 2 aromatic carbocycles. The number of sulfonamides is 1. The van der Waals surface area contributed by atoms with Crippen LogP contribution in [-0.4, -0.2) is 27.5 Å². The largest absolute Gasteiger partial charge is 0.490 e. The van der Waals surface area contributed by atoms with Gasteiger partial charge in [-0.3, -0.25) is 4.79 Å². The summed E-state index contributed by atoms with van der Waals surface area (Å²) in [4.78, 5) is 12.5. The molecule has 0 saturated carbocycles. The number of anilines is 1. The van der Waals surface area contributed by atoms with Crippen molar-refractivity contribution in [2.24, 2.45) is 5.14 Å². The van der Waals surface area contributed by atoms with Crippen molar-refractivity contribution in [1.29, 1.82) is 0 Å². The Hall–Kier alpha value is -2.29. The number of nitrogens with one attached hydrogen (secondary N) is 1. The fourth-order valence-electron chi connectivity index (χ4n) is 2.26. The first kappa shape index (κ1) is 21.0. The lowest BCUT2D eigenvalue weighted by atomic mass is 10.1. The van der Waals surface area contributed by atoms with Gasteiger partial charge in [0.2, 0.25) is 10.0 Å². The highest BCUT2D eigenvalue weighted by atomic mass is 35.5. The maximum Gasteiger partial charge on any atom is 0.255 e. The summed E-state index contributed by atoms with van der Waals surface area (Å²) in [6.07, 6.45) is 0.796. The third-order valence-corrected chi connectivity index (χ3v) is 4.63. The van der Waals surface area contributed by atoms with E-state index in [9.17, 15) is 13.2 Å². The molecule has 0 radical (unpaired) electrons. The van der Waals surface area contributed by atoms with Crippen LogP contribution in [0.1, 0.15) is 30.6 Å². The molecule has 9 heteroatoms. The predicted octanol–water partition coefficient (Wildman–Crippen LogP) is 3.43. The van der Waals surface area contributed by atoms with E-state index < -0.39 is 15.9 Å². The normalized spacial score (nSPS) is 11.1. The topological polar surface area (TPSA) is 108 Å². The molecule has 0 fully saturated rings. The summed E-state index contributed by atoms with van der Waals surface area (Å²) in [5, 5.41) is 7.97. The second kappa shape index (κ2) is 9.07. The minimum atomic E-state index is -3.87. The van der Waals surface area contributed by atoms with E-state index in [4.69, 9.17) is 26.2 Å². The Bertz CT molecular complexity index is 931. The third kappa shape index (κ3) is 5.59. The van der Waals surface area contributed by atoms with Crippen molar-refractivity contribution in [1.82, 2.24) is 0 Å². The SMILES string of the molecule is CCCOc1c(Cl)cc(C(=O)Nc2cccc(S(N)(=O)=O)c2)cc1OCC. The monoisotopic (exact) mass is 412 g/mol. The average molecular weight is 413 g/mol. The Labute approximate surface area is 163 Å². The van der Waals surface area contributed by atoms with E-state index >= 15 is 0 Å². The number of carbonyl (C=O) groups excluding carboxylic acids is 1. The number of carbonyl (C=O) groups is 1. The number of hydrogen-bond donors (Lipinski definition) is 2. The molecule has 0 unspecified atom stereocenters. The lowest BCUT2D eigenvalue weighted by molar-refractivity contribution is 0.102. The molecule has 0 spiro atoms. The summed E-state index contributed by atoms with van der Waals surface area (Å²) in [5.74, 6) is 0.265. The third-order valence-electron chi connectivity index (χ3n) is 3.44. The lowest BCUT2D eigenvalue weighted by Gasteiger charge is -2.15. The van der Waals surface area contributed by atoms with Crippen LogP contribution in [0.2, 0.25) is 5.02 Å². The van der Waals surface area contributed by atoms with Crippen molar-refractivity contribution >= 4 is 33.2 Å². The second-order valence-corrected chi connectivity index (χ2v) is 7.56. The van der Waals surface area contributed by atoms with Gasteiger partial charge in [-0.1, -0.05) is 24.6 Å². The number of nitrogens with two attached hydrogens (primary N) is 1. The summed E-state index contributed by atoms with van der Waals surface area (Å²) in [6.45, 7) is 4.61. The first-order chi connectivity index (χ1) is 12.8. The van der Waals surface area contributed by atoms with E-state index in [1.54, 1.807) is 6.07 Å². The van der Waals surface area contributed by atoms with Crippen LogP contribution in [0, 0.1) is 0 Å². The summed E-state index contributed by atoms with van der Waals surface area (Å²) >= 11 is 6.26. The van der Waals surface area contributed by atoms with Gasteiger partial charge in [0.05, 0.1) is 23.1 Å². The van der Waals surface area contributed by atoms with Crippen molar-refractivity contribution < 1.29 is 22.7 Å². The number of hydrogen-bond acceptors (Lipinski definition) is 5. The molecule has 2 aromatic rings. The molecule has 146 valence electrons. The molecule has 2 rings (SSSR count).